The van der Waals surface area contributed by atoms with Crippen LogP contribution in [0.5, 0.6) is 5.75 Å². The molecule has 162 valence electrons. The summed E-state index contributed by atoms with van der Waals surface area (Å²) >= 11 is 12.0. The quantitative estimate of drug-likeness (QED) is 0.259. The zero-order chi connectivity index (χ0) is 23.0. The first-order valence-electron chi connectivity index (χ1n) is 9.28. The largest absolute Gasteiger partial charge is 0.490 e. The fraction of sp³-hybridized carbons (Fsp3) is 0.0909. The number of ether oxygens (including phenoxy) is 1. The highest BCUT2D eigenvalue weighted by Crippen LogP contribution is 2.34. The summed E-state index contributed by atoms with van der Waals surface area (Å²) < 4.78 is 10.8. The summed E-state index contributed by atoms with van der Waals surface area (Å²) in [6, 6.07) is 12.7. The Labute approximate surface area is 192 Å². The fourth-order valence-corrected chi connectivity index (χ4v) is 3.48. The Hall–Kier alpha value is -3.62. The molecule has 0 saturated heterocycles. The van der Waals surface area contributed by atoms with Crippen LogP contribution in [-0.4, -0.2) is 23.7 Å². The predicted molar refractivity (Wildman–Crippen MR) is 122 cm³/mol. The summed E-state index contributed by atoms with van der Waals surface area (Å²) in [4.78, 5) is 23.7. The molecule has 4 rings (SSSR count). The monoisotopic (exact) mass is 471 g/mol. The molecule has 0 saturated carbocycles. The molecule has 0 atom stereocenters. The van der Waals surface area contributed by atoms with E-state index < -0.39 is 4.92 Å². The Morgan fingerprint density at radius 1 is 1.12 bits per heavy atom. The number of hydrogen-bond acceptors (Lipinski definition) is 6. The maximum Gasteiger partial charge on any atom is 0.311 e. The first-order chi connectivity index (χ1) is 15.3. The Balaban J connectivity index is 1.63. The molecule has 0 unspecified atom stereocenters. The molecule has 1 aliphatic rings. The first kappa shape index (κ1) is 21.6. The molecule has 1 aliphatic heterocycles. The van der Waals surface area contributed by atoms with Gasteiger partial charge in [0, 0.05) is 11.6 Å². The minimum Gasteiger partial charge on any atom is -0.490 e. The zero-order valence-electron chi connectivity index (χ0n) is 16.8. The zero-order valence-corrected chi connectivity index (χ0v) is 18.3. The molecule has 0 bridgehead atoms. The number of carbonyl (C=O) groups is 1. The van der Waals surface area contributed by atoms with Crippen LogP contribution in [0.1, 0.15) is 12.7 Å². The Kier molecular flexibility index (Phi) is 5.73. The highest BCUT2D eigenvalue weighted by atomic mass is 35.5. The minimum absolute atomic E-state index is 0.151. The molecule has 1 aromatic heterocycles. The van der Waals surface area contributed by atoms with Gasteiger partial charge in [-0.3, -0.25) is 14.9 Å². The number of nitrogens with zero attached hydrogens (tertiary/aromatic N) is 3. The summed E-state index contributed by atoms with van der Waals surface area (Å²) in [6.07, 6.45) is 1.57. The molecular formula is C22H15Cl2N3O5. The number of nitro groups is 1. The number of nitro benzene ring substituents is 1. The van der Waals surface area contributed by atoms with Gasteiger partial charge in [0.2, 0.25) is 0 Å². The van der Waals surface area contributed by atoms with Crippen molar-refractivity contribution in [1.82, 2.24) is 0 Å². The summed E-state index contributed by atoms with van der Waals surface area (Å²) in [5.74, 6) is 0.605. The maximum atomic E-state index is 12.9. The molecule has 0 radical (unpaired) electrons. The summed E-state index contributed by atoms with van der Waals surface area (Å²) in [7, 11) is 1.36. The van der Waals surface area contributed by atoms with Crippen LogP contribution in [0.3, 0.4) is 0 Å². The molecule has 3 aromatic rings. The molecule has 8 nitrogen and oxygen atoms in total. The van der Waals surface area contributed by atoms with Crippen molar-refractivity contribution in [1.29, 1.82) is 0 Å². The number of hydrazone groups is 1. The van der Waals surface area contributed by atoms with Gasteiger partial charge in [-0.2, -0.15) is 10.1 Å². The number of carbonyl (C=O) groups excluding carboxylic acids is 1. The van der Waals surface area contributed by atoms with Crippen LogP contribution in [-0.2, 0) is 4.79 Å². The van der Waals surface area contributed by atoms with E-state index in [2.05, 4.69) is 5.10 Å². The van der Waals surface area contributed by atoms with E-state index in [-0.39, 0.29) is 17.3 Å². The molecule has 2 heterocycles. The summed E-state index contributed by atoms with van der Waals surface area (Å²) in [6.45, 7) is 1.71. The van der Waals surface area contributed by atoms with E-state index in [1.807, 2.05) is 0 Å². The Bertz CT molecular complexity index is 1310. The molecule has 0 fully saturated rings. The van der Waals surface area contributed by atoms with Gasteiger partial charge in [-0.05, 0) is 55.5 Å². The van der Waals surface area contributed by atoms with Crippen LogP contribution in [0, 0.1) is 10.1 Å². The normalized spacial score (nSPS) is 14.8. The van der Waals surface area contributed by atoms with Gasteiger partial charge in [-0.25, -0.2) is 0 Å². The smallest absolute Gasteiger partial charge is 0.311 e. The van der Waals surface area contributed by atoms with Gasteiger partial charge in [0.1, 0.15) is 11.5 Å². The molecule has 10 heteroatoms. The molecular weight excluding hydrogens is 457 g/mol. The third-order valence-corrected chi connectivity index (χ3v) is 5.52. The van der Waals surface area contributed by atoms with Gasteiger partial charge in [-0.15, -0.1) is 0 Å². The summed E-state index contributed by atoms with van der Waals surface area (Å²) in [5.41, 5.74) is 1.66. The lowest BCUT2D eigenvalue weighted by molar-refractivity contribution is -0.385. The van der Waals surface area contributed by atoms with Crippen LogP contribution >= 0.6 is 23.2 Å². The van der Waals surface area contributed by atoms with Crippen molar-refractivity contribution in [2.24, 2.45) is 5.10 Å². The molecule has 32 heavy (non-hydrogen) atoms. The second-order valence-corrected chi connectivity index (χ2v) is 7.62. The van der Waals surface area contributed by atoms with E-state index in [0.29, 0.717) is 44.1 Å². The average molecular weight is 472 g/mol. The van der Waals surface area contributed by atoms with Crippen molar-refractivity contribution in [2.75, 3.05) is 12.1 Å². The van der Waals surface area contributed by atoms with Crippen molar-refractivity contribution >= 4 is 52.3 Å². The van der Waals surface area contributed by atoms with Gasteiger partial charge < -0.3 is 9.15 Å². The van der Waals surface area contributed by atoms with E-state index in [1.165, 1.54) is 24.3 Å². The number of anilines is 1. The van der Waals surface area contributed by atoms with Crippen molar-refractivity contribution in [2.45, 2.75) is 6.92 Å². The number of furan rings is 1. The van der Waals surface area contributed by atoms with Gasteiger partial charge in [0.15, 0.2) is 5.75 Å². The predicted octanol–water partition coefficient (Wildman–Crippen LogP) is 5.98. The van der Waals surface area contributed by atoms with Crippen molar-refractivity contribution in [3.8, 4) is 17.1 Å². The van der Waals surface area contributed by atoms with Crippen LogP contribution in [0.15, 0.2) is 63.6 Å². The van der Waals surface area contributed by atoms with Gasteiger partial charge in [0.25, 0.3) is 5.91 Å². The van der Waals surface area contributed by atoms with Gasteiger partial charge in [0.05, 0.1) is 39.1 Å². The highest BCUT2D eigenvalue weighted by molar-refractivity contribution is 6.42. The van der Waals surface area contributed by atoms with Crippen molar-refractivity contribution < 1.29 is 18.9 Å². The third-order valence-electron chi connectivity index (χ3n) is 4.78. The van der Waals surface area contributed by atoms with Crippen LogP contribution < -0.4 is 9.75 Å². The first-order valence-corrected chi connectivity index (χ1v) is 10.0. The van der Waals surface area contributed by atoms with E-state index >= 15 is 0 Å². The van der Waals surface area contributed by atoms with E-state index in [9.17, 15) is 14.9 Å². The summed E-state index contributed by atoms with van der Waals surface area (Å²) in [5, 5.41) is 17.5. The van der Waals surface area contributed by atoms with E-state index in [4.69, 9.17) is 32.4 Å². The van der Waals surface area contributed by atoms with Crippen LogP contribution in [0.25, 0.3) is 17.4 Å². The lowest BCUT2D eigenvalue weighted by Crippen LogP contribution is -2.21. The topological polar surface area (TPSA) is 98.2 Å². The SMILES string of the molecule is COc1ccc(-c2ccc(/C=C3\C(=O)N(c4ccc(Cl)c(Cl)c4)N=C3C)o2)cc1[N+](=O)[O-]. The number of amides is 1. The third kappa shape index (κ3) is 3.98. The molecule has 0 aliphatic carbocycles. The Morgan fingerprint density at radius 3 is 2.59 bits per heavy atom. The van der Waals surface area contributed by atoms with E-state index in [0.717, 1.165) is 0 Å². The lowest BCUT2D eigenvalue weighted by Gasteiger charge is -2.12. The number of halogens is 2. The second kappa shape index (κ2) is 8.49. The van der Waals surface area contributed by atoms with Crippen LogP contribution in [0.4, 0.5) is 11.4 Å². The van der Waals surface area contributed by atoms with Gasteiger partial charge in [-0.1, -0.05) is 23.2 Å². The van der Waals surface area contributed by atoms with Gasteiger partial charge >= 0.3 is 5.69 Å². The number of methoxy groups -OCH3 is 1. The van der Waals surface area contributed by atoms with Crippen molar-refractivity contribution in [3.05, 3.63) is 80.0 Å². The maximum absolute atomic E-state index is 12.9. The number of benzene rings is 2. The lowest BCUT2D eigenvalue weighted by atomic mass is 10.1. The molecule has 0 N–H and O–H groups in total. The standard InChI is InChI=1S/C22H15Cl2N3O5/c1-12-16(22(28)26(25-12)14-4-6-17(23)18(24)10-14)11-15-5-8-20(32-15)13-3-7-21(31-2)19(9-13)27(29)30/h3-11H,1-2H3/b16-11-. The van der Waals surface area contributed by atoms with Crippen LogP contribution in [0.2, 0.25) is 10.0 Å². The molecule has 1 amide bonds. The number of rotatable bonds is 5. The molecule has 2 aromatic carbocycles. The van der Waals surface area contributed by atoms with Crippen molar-refractivity contribution in [3.63, 3.8) is 0 Å². The average Bonchev–Trinajstić information content (AvgIpc) is 3.35. The molecule has 0 spiro atoms. The number of hydrogen-bond donors (Lipinski definition) is 0. The Morgan fingerprint density at radius 2 is 1.91 bits per heavy atom. The second-order valence-electron chi connectivity index (χ2n) is 6.80. The highest BCUT2D eigenvalue weighted by Gasteiger charge is 2.29. The minimum atomic E-state index is -0.525. The fourth-order valence-electron chi connectivity index (χ4n) is 3.19. The van der Waals surface area contributed by atoms with E-state index in [1.54, 1.807) is 49.4 Å².